The Morgan fingerprint density at radius 1 is 1.79 bits per heavy atom. The van der Waals surface area contributed by atoms with Crippen molar-refractivity contribution in [3.8, 4) is 0 Å². The molecule has 1 unspecified atom stereocenters. The van der Waals surface area contributed by atoms with Crippen molar-refractivity contribution in [2.24, 2.45) is 5.84 Å². The van der Waals surface area contributed by atoms with Gasteiger partial charge in [0.2, 0.25) is 0 Å². The number of hydrogen-bond acceptors (Lipinski definition) is 3. The standard InChI is InChI=1S/C10H15BrN2S/c1-6(2)4-8(13-12)9-5-7(3)10(11)14-9/h5,8,13H,1,4,12H2,2-3H3. The Kier molecular flexibility index (Phi) is 4.31. The predicted octanol–water partition coefficient (Wildman–Crippen LogP) is 3.29. The molecule has 1 heterocycles. The molecule has 1 aromatic rings. The lowest BCUT2D eigenvalue weighted by Crippen LogP contribution is -2.27. The molecule has 1 rings (SSSR count). The summed E-state index contributed by atoms with van der Waals surface area (Å²) in [6.45, 7) is 7.99. The molecule has 1 atom stereocenters. The second-order valence-electron chi connectivity index (χ2n) is 3.49. The minimum Gasteiger partial charge on any atom is -0.271 e. The fourth-order valence-corrected chi connectivity index (χ4v) is 2.88. The van der Waals surface area contributed by atoms with E-state index in [-0.39, 0.29) is 6.04 Å². The van der Waals surface area contributed by atoms with Gasteiger partial charge in [0.1, 0.15) is 0 Å². The van der Waals surface area contributed by atoms with E-state index in [1.807, 2.05) is 6.92 Å². The van der Waals surface area contributed by atoms with Gasteiger partial charge >= 0.3 is 0 Å². The summed E-state index contributed by atoms with van der Waals surface area (Å²) in [6.07, 6.45) is 0.878. The molecule has 0 saturated heterocycles. The molecular weight excluding hydrogens is 260 g/mol. The molecule has 2 nitrogen and oxygen atoms in total. The van der Waals surface area contributed by atoms with Gasteiger partial charge in [-0.2, -0.15) is 0 Å². The number of thiophene rings is 1. The van der Waals surface area contributed by atoms with Crippen molar-refractivity contribution in [1.29, 1.82) is 0 Å². The van der Waals surface area contributed by atoms with Gasteiger partial charge in [-0.25, -0.2) is 0 Å². The highest BCUT2D eigenvalue weighted by molar-refractivity contribution is 9.11. The van der Waals surface area contributed by atoms with Crippen LogP contribution < -0.4 is 11.3 Å². The van der Waals surface area contributed by atoms with Crippen molar-refractivity contribution in [3.63, 3.8) is 0 Å². The summed E-state index contributed by atoms with van der Waals surface area (Å²) in [5.41, 5.74) is 5.21. The fourth-order valence-electron chi connectivity index (χ4n) is 1.25. The van der Waals surface area contributed by atoms with Crippen LogP contribution in [-0.4, -0.2) is 0 Å². The van der Waals surface area contributed by atoms with E-state index in [1.54, 1.807) is 11.3 Å². The first-order valence-corrected chi connectivity index (χ1v) is 6.02. The van der Waals surface area contributed by atoms with Gasteiger partial charge < -0.3 is 0 Å². The minimum atomic E-state index is 0.183. The molecule has 3 N–H and O–H groups in total. The smallest absolute Gasteiger partial charge is 0.0731 e. The number of hydrazine groups is 1. The van der Waals surface area contributed by atoms with Crippen LogP contribution in [0.5, 0.6) is 0 Å². The Bertz CT molecular complexity index is 313. The lowest BCUT2D eigenvalue weighted by Gasteiger charge is -2.13. The average molecular weight is 275 g/mol. The van der Waals surface area contributed by atoms with Gasteiger partial charge in [0.15, 0.2) is 0 Å². The molecule has 4 heteroatoms. The highest BCUT2D eigenvalue weighted by Gasteiger charge is 2.13. The maximum Gasteiger partial charge on any atom is 0.0731 e. The number of hydrogen-bond donors (Lipinski definition) is 2. The average Bonchev–Trinajstić information content (AvgIpc) is 2.42. The Hall–Kier alpha value is -0.160. The third-order valence-corrected chi connectivity index (χ3v) is 4.22. The monoisotopic (exact) mass is 274 g/mol. The van der Waals surface area contributed by atoms with E-state index in [0.717, 1.165) is 12.0 Å². The Balaban J connectivity index is 2.83. The van der Waals surface area contributed by atoms with Crippen LogP contribution in [0.2, 0.25) is 0 Å². The summed E-state index contributed by atoms with van der Waals surface area (Å²) >= 11 is 5.23. The lowest BCUT2D eigenvalue weighted by atomic mass is 10.1. The molecule has 0 aliphatic carbocycles. The molecule has 0 bridgehead atoms. The van der Waals surface area contributed by atoms with Crippen LogP contribution in [0.3, 0.4) is 0 Å². The van der Waals surface area contributed by atoms with E-state index in [4.69, 9.17) is 5.84 Å². The van der Waals surface area contributed by atoms with Gasteiger partial charge in [-0.15, -0.1) is 17.9 Å². The molecule has 78 valence electrons. The normalized spacial score (nSPS) is 12.9. The molecule has 14 heavy (non-hydrogen) atoms. The molecular formula is C10H15BrN2S. The van der Waals surface area contributed by atoms with Crippen molar-refractivity contribution in [2.75, 3.05) is 0 Å². The Morgan fingerprint density at radius 2 is 2.43 bits per heavy atom. The first kappa shape index (κ1) is 11.9. The van der Waals surface area contributed by atoms with Gasteiger partial charge in [0.25, 0.3) is 0 Å². The summed E-state index contributed by atoms with van der Waals surface area (Å²) in [4.78, 5) is 1.25. The molecule has 0 fully saturated rings. The zero-order valence-electron chi connectivity index (χ0n) is 8.43. The van der Waals surface area contributed by atoms with E-state index in [1.165, 1.54) is 14.2 Å². The van der Waals surface area contributed by atoms with Crippen molar-refractivity contribution < 1.29 is 0 Å². The maximum absolute atomic E-state index is 5.51. The molecule has 0 radical (unpaired) electrons. The highest BCUT2D eigenvalue weighted by Crippen LogP contribution is 2.33. The second kappa shape index (κ2) is 5.07. The summed E-state index contributed by atoms with van der Waals surface area (Å²) < 4.78 is 1.18. The molecule has 0 aliphatic rings. The van der Waals surface area contributed by atoms with Crippen molar-refractivity contribution in [3.05, 3.63) is 32.4 Å². The summed E-state index contributed by atoms with van der Waals surface area (Å²) in [6, 6.07) is 2.34. The quantitative estimate of drug-likeness (QED) is 0.502. The minimum absolute atomic E-state index is 0.183. The van der Waals surface area contributed by atoms with E-state index in [0.29, 0.717) is 0 Å². The summed E-state index contributed by atoms with van der Waals surface area (Å²) in [7, 11) is 0. The first-order chi connectivity index (χ1) is 6.54. The Labute approximate surface area is 97.3 Å². The second-order valence-corrected chi connectivity index (χ2v) is 5.89. The number of rotatable bonds is 4. The van der Waals surface area contributed by atoms with Gasteiger partial charge in [-0.1, -0.05) is 5.57 Å². The largest absolute Gasteiger partial charge is 0.271 e. The SMILES string of the molecule is C=C(C)CC(NN)c1cc(C)c(Br)s1. The molecule has 0 aromatic carbocycles. The van der Waals surface area contributed by atoms with Crippen LogP contribution in [0.1, 0.15) is 29.8 Å². The van der Waals surface area contributed by atoms with Crippen LogP contribution >= 0.6 is 27.3 Å². The third kappa shape index (κ3) is 2.92. The number of nitrogens with one attached hydrogen (secondary N) is 1. The van der Waals surface area contributed by atoms with Crippen molar-refractivity contribution >= 4 is 27.3 Å². The zero-order chi connectivity index (χ0) is 10.7. The van der Waals surface area contributed by atoms with Gasteiger partial charge in [0, 0.05) is 4.88 Å². The van der Waals surface area contributed by atoms with E-state index in [9.17, 15) is 0 Å². The van der Waals surface area contributed by atoms with E-state index in [2.05, 4.69) is 40.9 Å². The predicted molar refractivity (Wildman–Crippen MR) is 66.3 cm³/mol. The van der Waals surface area contributed by atoms with Crippen molar-refractivity contribution in [2.45, 2.75) is 26.3 Å². The molecule has 0 spiro atoms. The lowest BCUT2D eigenvalue weighted by molar-refractivity contribution is 0.559. The van der Waals surface area contributed by atoms with Crippen LogP contribution in [0.4, 0.5) is 0 Å². The molecule has 0 aliphatic heterocycles. The van der Waals surface area contributed by atoms with Gasteiger partial charge in [0.05, 0.1) is 9.83 Å². The fraction of sp³-hybridized carbons (Fsp3) is 0.400. The maximum atomic E-state index is 5.51. The van der Waals surface area contributed by atoms with E-state index >= 15 is 0 Å². The number of nitrogens with two attached hydrogens (primary N) is 1. The molecule has 0 saturated carbocycles. The van der Waals surface area contributed by atoms with Crippen molar-refractivity contribution in [1.82, 2.24) is 5.43 Å². The third-order valence-electron chi connectivity index (χ3n) is 1.97. The topological polar surface area (TPSA) is 38.0 Å². The summed E-state index contributed by atoms with van der Waals surface area (Å²) in [5, 5.41) is 0. The van der Waals surface area contributed by atoms with Crippen LogP contribution in [0.15, 0.2) is 22.0 Å². The van der Waals surface area contributed by atoms with E-state index < -0.39 is 0 Å². The Morgan fingerprint density at radius 3 is 2.79 bits per heavy atom. The van der Waals surface area contributed by atoms with Gasteiger partial charge in [-0.05, 0) is 47.8 Å². The highest BCUT2D eigenvalue weighted by atomic mass is 79.9. The summed E-state index contributed by atoms with van der Waals surface area (Å²) in [5.74, 6) is 5.51. The van der Waals surface area contributed by atoms with Crippen LogP contribution in [0.25, 0.3) is 0 Å². The van der Waals surface area contributed by atoms with Crippen LogP contribution in [0, 0.1) is 6.92 Å². The molecule has 0 amide bonds. The molecule has 1 aromatic heterocycles. The number of halogens is 1. The van der Waals surface area contributed by atoms with Gasteiger partial charge in [-0.3, -0.25) is 11.3 Å². The van der Waals surface area contributed by atoms with Crippen LogP contribution in [-0.2, 0) is 0 Å². The first-order valence-electron chi connectivity index (χ1n) is 4.41. The number of aryl methyl sites for hydroxylation is 1. The zero-order valence-corrected chi connectivity index (χ0v) is 10.8.